The van der Waals surface area contributed by atoms with Crippen LogP contribution in [0, 0.1) is 6.92 Å². The quantitative estimate of drug-likeness (QED) is 0.824. The average molecular weight is 248 g/mol. The minimum absolute atomic E-state index is 0.169. The molecule has 96 valence electrons. The van der Waals surface area contributed by atoms with Gasteiger partial charge in [-0.05, 0) is 25.0 Å². The molecule has 18 heavy (non-hydrogen) atoms. The molecular weight excluding hydrogens is 232 g/mol. The number of hydrogen-bond acceptors (Lipinski definition) is 5. The van der Waals surface area contributed by atoms with E-state index in [0.717, 1.165) is 12.0 Å². The van der Waals surface area contributed by atoms with Gasteiger partial charge in [-0.25, -0.2) is 0 Å². The smallest absolute Gasteiger partial charge is 0.261 e. The molecule has 0 aliphatic carbocycles. The van der Waals surface area contributed by atoms with Crippen LogP contribution in [-0.2, 0) is 11.3 Å². The van der Waals surface area contributed by atoms with Crippen LogP contribution < -0.4 is 0 Å². The number of phenols is 1. The van der Waals surface area contributed by atoms with Crippen LogP contribution in [0.4, 0.5) is 0 Å². The lowest BCUT2D eigenvalue weighted by Gasteiger charge is -2.01. The van der Waals surface area contributed by atoms with Crippen molar-refractivity contribution in [3.8, 4) is 17.2 Å². The number of hydrogen-bond donors (Lipinski definition) is 1. The van der Waals surface area contributed by atoms with Crippen molar-refractivity contribution in [1.82, 2.24) is 10.1 Å². The highest BCUT2D eigenvalue weighted by Gasteiger charge is 2.13. The maximum Gasteiger partial charge on any atom is 0.261 e. The van der Waals surface area contributed by atoms with Gasteiger partial charge in [-0.2, -0.15) is 4.98 Å². The van der Waals surface area contributed by atoms with E-state index in [4.69, 9.17) is 9.26 Å². The number of nitrogens with zero attached hydrogens (tertiary/aromatic N) is 2. The molecule has 2 aromatic rings. The molecule has 2 rings (SSSR count). The van der Waals surface area contributed by atoms with Gasteiger partial charge < -0.3 is 14.4 Å². The highest BCUT2D eigenvalue weighted by molar-refractivity contribution is 5.64. The zero-order chi connectivity index (χ0) is 13.0. The van der Waals surface area contributed by atoms with Gasteiger partial charge in [-0.3, -0.25) is 0 Å². The molecule has 0 spiro atoms. The molecule has 5 heteroatoms. The second-order valence-electron chi connectivity index (χ2n) is 4.04. The van der Waals surface area contributed by atoms with Crippen LogP contribution in [-0.4, -0.2) is 21.9 Å². The van der Waals surface area contributed by atoms with Gasteiger partial charge in [0.25, 0.3) is 5.89 Å². The second-order valence-corrected chi connectivity index (χ2v) is 4.04. The summed E-state index contributed by atoms with van der Waals surface area (Å²) in [6, 6.07) is 5.40. The molecule has 0 aliphatic heterocycles. The Morgan fingerprint density at radius 2 is 2.22 bits per heavy atom. The maximum absolute atomic E-state index is 9.92. The summed E-state index contributed by atoms with van der Waals surface area (Å²) in [5.74, 6) is 0.966. The standard InChI is InChI=1S/C13H16N2O3/c1-3-7-17-8-11-14-13(18-15-11)10-6-4-5-9(2)12(10)16/h4-6,16H,3,7-8H2,1-2H3. The van der Waals surface area contributed by atoms with Crippen molar-refractivity contribution in [2.45, 2.75) is 26.9 Å². The average Bonchev–Trinajstić information content (AvgIpc) is 2.82. The lowest BCUT2D eigenvalue weighted by atomic mass is 10.1. The Balaban J connectivity index is 2.16. The molecule has 0 unspecified atom stereocenters. The minimum atomic E-state index is 0.169. The summed E-state index contributed by atoms with van der Waals surface area (Å²) in [5, 5.41) is 13.7. The lowest BCUT2D eigenvalue weighted by Crippen LogP contribution is -1.95. The van der Waals surface area contributed by atoms with Gasteiger partial charge in [-0.15, -0.1) is 0 Å². The van der Waals surface area contributed by atoms with Crippen molar-refractivity contribution < 1.29 is 14.4 Å². The predicted molar refractivity (Wildman–Crippen MR) is 66.1 cm³/mol. The number of aromatic nitrogens is 2. The van der Waals surface area contributed by atoms with Gasteiger partial charge in [0.15, 0.2) is 5.82 Å². The van der Waals surface area contributed by atoms with Gasteiger partial charge >= 0.3 is 0 Å². The highest BCUT2D eigenvalue weighted by atomic mass is 16.5. The summed E-state index contributed by atoms with van der Waals surface area (Å²) in [5.41, 5.74) is 1.32. The molecule has 0 fully saturated rings. The van der Waals surface area contributed by atoms with E-state index in [0.29, 0.717) is 30.5 Å². The maximum atomic E-state index is 9.92. The summed E-state index contributed by atoms with van der Waals surface area (Å²) in [7, 11) is 0. The first-order valence-electron chi connectivity index (χ1n) is 5.91. The van der Waals surface area contributed by atoms with Gasteiger partial charge in [0.1, 0.15) is 12.4 Å². The topological polar surface area (TPSA) is 68.4 Å². The van der Waals surface area contributed by atoms with Crippen molar-refractivity contribution in [1.29, 1.82) is 0 Å². The molecule has 0 atom stereocenters. The van der Waals surface area contributed by atoms with Crippen molar-refractivity contribution in [2.24, 2.45) is 0 Å². The summed E-state index contributed by atoms with van der Waals surface area (Å²) in [6.45, 7) is 4.84. The number of aromatic hydroxyl groups is 1. The third-order valence-corrected chi connectivity index (χ3v) is 2.52. The van der Waals surface area contributed by atoms with Crippen LogP contribution in [0.15, 0.2) is 22.7 Å². The fourth-order valence-corrected chi connectivity index (χ4v) is 1.56. The first-order valence-corrected chi connectivity index (χ1v) is 5.91. The second kappa shape index (κ2) is 5.64. The van der Waals surface area contributed by atoms with Crippen LogP contribution in [0.2, 0.25) is 0 Å². The van der Waals surface area contributed by atoms with E-state index in [1.165, 1.54) is 0 Å². The predicted octanol–water partition coefficient (Wildman–Crippen LogP) is 2.68. The molecule has 1 N–H and O–H groups in total. The highest BCUT2D eigenvalue weighted by Crippen LogP contribution is 2.30. The number of rotatable bonds is 5. The van der Waals surface area contributed by atoms with E-state index in [1.54, 1.807) is 6.07 Å². The van der Waals surface area contributed by atoms with Gasteiger partial charge in [-0.1, -0.05) is 24.2 Å². The zero-order valence-electron chi connectivity index (χ0n) is 10.5. The first-order chi connectivity index (χ1) is 8.72. The minimum Gasteiger partial charge on any atom is -0.507 e. The number of benzene rings is 1. The SMILES string of the molecule is CCCOCc1noc(-c2cccc(C)c2O)n1. The molecule has 0 bridgehead atoms. The number of aryl methyl sites for hydroxylation is 1. The van der Waals surface area contributed by atoms with Crippen molar-refractivity contribution in [3.63, 3.8) is 0 Å². The first kappa shape index (κ1) is 12.6. The molecule has 1 heterocycles. The number of phenolic OH excluding ortho intramolecular Hbond substituents is 1. The summed E-state index contributed by atoms with van der Waals surface area (Å²) in [4.78, 5) is 4.19. The fourth-order valence-electron chi connectivity index (χ4n) is 1.56. The van der Waals surface area contributed by atoms with E-state index in [1.807, 2.05) is 26.0 Å². The van der Waals surface area contributed by atoms with E-state index in [2.05, 4.69) is 10.1 Å². The van der Waals surface area contributed by atoms with Crippen molar-refractivity contribution in [3.05, 3.63) is 29.6 Å². The lowest BCUT2D eigenvalue weighted by molar-refractivity contribution is 0.114. The third-order valence-electron chi connectivity index (χ3n) is 2.52. The molecule has 0 amide bonds. The Bertz CT molecular complexity index is 523. The molecule has 0 saturated heterocycles. The van der Waals surface area contributed by atoms with E-state index in [-0.39, 0.29) is 5.75 Å². The number of para-hydroxylation sites is 1. The van der Waals surface area contributed by atoms with Crippen LogP contribution >= 0.6 is 0 Å². The molecule has 1 aromatic heterocycles. The van der Waals surface area contributed by atoms with Gasteiger partial charge in [0.2, 0.25) is 0 Å². The fraction of sp³-hybridized carbons (Fsp3) is 0.385. The van der Waals surface area contributed by atoms with Crippen LogP contribution in [0.5, 0.6) is 5.75 Å². The molecule has 0 aliphatic rings. The van der Waals surface area contributed by atoms with Crippen LogP contribution in [0.3, 0.4) is 0 Å². The van der Waals surface area contributed by atoms with Crippen LogP contribution in [0.25, 0.3) is 11.5 Å². The van der Waals surface area contributed by atoms with Gasteiger partial charge in [0, 0.05) is 6.61 Å². The Labute approximate surface area is 105 Å². The Hall–Kier alpha value is -1.88. The largest absolute Gasteiger partial charge is 0.507 e. The summed E-state index contributed by atoms with van der Waals surface area (Å²) in [6.07, 6.45) is 0.948. The summed E-state index contributed by atoms with van der Waals surface area (Å²) >= 11 is 0. The van der Waals surface area contributed by atoms with E-state index >= 15 is 0 Å². The molecule has 5 nitrogen and oxygen atoms in total. The molecular formula is C13H16N2O3. The summed E-state index contributed by atoms with van der Waals surface area (Å²) < 4.78 is 10.4. The molecule has 1 aromatic carbocycles. The van der Waals surface area contributed by atoms with Crippen molar-refractivity contribution >= 4 is 0 Å². The zero-order valence-corrected chi connectivity index (χ0v) is 10.5. The third kappa shape index (κ3) is 2.68. The Kier molecular flexibility index (Phi) is 3.94. The van der Waals surface area contributed by atoms with Crippen molar-refractivity contribution in [2.75, 3.05) is 6.61 Å². The Morgan fingerprint density at radius 3 is 3.00 bits per heavy atom. The molecule has 0 saturated carbocycles. The monoisotopic (exact) mass is 248 g/mol. The normalized spacial score (nSPS) is 10.8. The Morgan fingerprint density at radius 1 is 1.39 bits per heavy atom. The van der Waals surface area contributed by atoms with Gasteiger partial charge in [0.05, 0.1) is 5.56 Å². The number of ether oxygens (including phenoxy) is 1. The van der Waals surface area contributed by atoms with E-state index < -0.39 is 0 Å². The molecule has 0 radical (unpaired) electrons. The van der Waals surface area contributed by atoms with Crippen LogP contribution in [0.1, 0.15) is 24.7 Å². The van der Waals surface area contributed by atoms with E-state index in [9.17, 15) is 5.11 Å².